The van der Waals surface area contributed by atoms with E-state index in [0.717, 1.165) is 16.5 Å². The van der Waals surface area contributed by atoms with E-state index in [2.05, 4.69) is 4.98 Å². The van der Waals surface area contributed by atoms with Gasteiger partial charge < -0.3 is 14.8 Å². The molecule has 5 nitrogen and oxygen atoms in total. The van der Waals surface area contributed by atoms with Crippen LogP contribution in [0.4, 0.5) is 0 Å². The Hall–Kier alpha value is -2.56. The molecular weight excluding hydrogens is 294 g/mol. The molecule has 0 aliphatic carbocycles. The maximum atomic E-state index is 12.5. The highest BCUT2D eigenvalue weighted by molar-refractivity contribution is 6.20. The van der Waals surface area contributed by atoms with Crippen molar-refractivity contribution in [2.75, 3.05) is 0 Å². The number of esters is 1. The number of fused-ring (bicyclic) bond motifs is 1. The second-order valence-electron chi connectivity index (χ2n) is 6.24. The molecule has 1 atom stereocenters. The molecule has 0 saturated heterocycles. The molecule has 0 bridgehead atoms. The van der Waals surface area contributed by atoms with Crippen LogP contribution in [0.5, 0.6) is 0 Å². The van der Waals surface area contributed by atoms with Gasteiger partial charge in [-0.15, -0.1) is 0 Å². The molecule has 2 heterocycles. The molecule has 5 heteroatoms. The number of aromatic amines is 1. The van der Waals surface area contributed by atoms with Crippen LogP contribution in [0.25, 0.3) is 10.9 Å². The van der Waals surface area contributed by atoms with Gasteiger partial charge in [-0.25, -0.2) is 4.79 Å². The number of hydrogen-bond acceptors (Lipinski definition) is 4. The number of rotatable bonds is 5. The van der Waals surface area contributed by atoms with Gasteiger partial charge >= 0.3 is 5.97 Å². The van der Waals surface area contributed by atoms with Gasteiger partial charge in [0.1, 0.15) is 5.57 Å². The monoisotopic (exact) mass is 313 g/mol. The van der Waals surface area contributed by atoms with E-state index in [9.17, 15) is 14.7 Å². The lowest BCUT2D eigenvalue weighted by Crippen LogP contribution is -2.14. The Balaban J connectivity index is 1.85. The molecule has 23 heavy (non-hydrogen) atoms. The smallest absolute Gasteiger partial charge is 0.346 e. The first-order valence-electron chi connectivity index (χ1n) is 7.69. The van der Waals surface area contributed by atoms with Crippen molar-refractivity contribution in [3.8, 4) is 0 Å². The molecule has 3 rings (SSSR count). The maximum absolute atomic E-state index is 12.5. The number of aliphatic hydroxyl groups excluding tert-OH is 1. The highest BCUT2D eigenvalue weighted by Crippen LogP contribution is 2.28. The van der Waals surface area contributed by atoms with E-state index in [0.29, 0.717) is 6.42 Å². The number of aliphatic hydroxyl groups is 1. The van der Waals surface area contributed by atoms with Crippen LogP contribution in [0.2, 0.25) is 0 Å². The predicted molar refractivity (Wildman–Crippen MR) is 86.0 cm³/mol. The number of nitrogens with one attached hydrogen (secondary N) is 1. The molecule has 1 aromatic heterocycles. The van der Waals surface area contributed by atoms with E-state index in [1.807, 2.05) is 38.1 Å². The SMILES string of the molecule is CC(C)CC1OC(=O)C(C(=O)Cc2c[nH]c3ccccc23)=C1O. The first-order chi connectivity index (χ1) is 11.0. The average Bonchev–Trinajstić information content (AvgIpc) is 3.01. The van der Waals surface area contributed by atoms with Crippen LogP contribution in [0.3, 0.4) is 0 Å². The second kappa shape index (κ2) is 5.91. The molecule has 120 valence electrons. The minimum Gasteiger partial charge on any atom is -0.507 e. The number of benzene rings is 1. The Kier molecular flexibility index (Phi) is 3.94. The summed E-state index contributed by atoms with van der Waals surface area (Å²) in [6, 6.07) is 7.63. The molecular formula is C18H19NO4. The lowest BCUT2D eigenvalue weighted by Gasteiger charge is -2.11. The van der Waals surface area contributed by atoms with Crippen molar-refractivity contribution < 1.29 is 19.4 Å². The third kappa shape index (κ3) is 2.86. The lowest BCUT2D eigenvalue weighted by atomic mass is 9.99. The van der Waals surface area contributed by atoms with Gasteiger partial charge in [-0.2, -0.15) is 0 Å². The Bertz CT molecular complexity index is 800. The average molecular weight is 313 g/mol. The fourth-order valence-electron chi connectivity index (χ4n) is 2.89. The van der Waals surface area contributed by atoms with Crippen LogP contribution in [-0.2, 0) is 20.7 Å². The molecule has 1 aromatic carbocycles. The number of aromatic nitrogens is 1. The molecule has 0 amide bonds. The second-order valence-corrected chi connectivity index (χ2v) is 6.24. The largest absolute Gasteiger partial charge is 0.507 e. The number of ether oxygens (including phenoxy) is 1. The van der Waals surface area contributed by atoms with Crippen molar-refractivity contribution in [2.24, 2.45) is 5.92 Å². The van der Waals surface area contributed by atoms with E-state index in [1.165, 1.54) is 0 Å². The number of cyclic esters (lactones) is 1. The Morgan fingerprint density at radius 2 is 2.09 bits per heavy atom. The number of para-hydroxylation sites is 1. The maximum Gasteiger partial charge on any atom is 0.346 e. The number of H-pyrrole nitrogens is 1. The lowest BCUT2D eigenvalue weighted by molar-refractivity contribution is -0.141. The molecule has 0 spiro atoms. The van der Waals surface area contributed by atoms with Crippen molar-refractivity contribution in [2.45, 2.75) is 32.8 Å². The van der Waals surface area contributed by atoms with Crippen LogP contribution in [0.15, 0.2) is 41.8 Å². The normalized spacial score (nSPS) is 18.0. The molecule has 1 aliphatic heterocycles. The fourth-order valence-corrected chi connectivity index (χ4v) is 2.89. The zero-order valence-corrected chi connectivity index (χ0v) is 13.1. The first kappa shape index (κ1) is 15.3. The minimum absolute atomic E-state index is 0.0485. The topological polar surface area (TPSA) is 79.4 Å². The van der Waals surface area contributed by atoms with Crippen LogP contribution >= 0.6 is 0 Å². The van der Waals surface area contributed by atoms with Gasteiger partial charge in [-0.1, -0.05) is 32.0 Å². The standard InChI is InChI=1S/C18H19NO4/c1-10(2)7-15-17(21)16(18(22)23-15)14(20)8-11-9-19-13-6-4-3-5-12(11)13/h3-6,9-10,15,19,21H,7-8H2,1-2H3. The van der Waals surface area contributed by atoms with Crippen molar-refractivity contribution in [3.63, 3.8) is 0 Å². The number of carbonyl (C=O) groups excluding carboxylic acids is 2. The summed E-state index contributed by atoms with van der Waals surface area (Å²) in [4.78, 5) is 27.5. The zero-order chi connectivity index (χ0) is 16.6. The molecule has 2 N–H and O–H groups in total. The van der Waals surface area contributed by atoms with Crippen LogP contribution in [-0.4, -0.2) is 27.9 Å². The van der Waals surface area contributed by atoms with Crippen LogP contribution in [0.1, 0.15) is 25.8 Å². The van der Waals surface area contributed by atoms with Gasteiger partial charge in [0.2, 0.25) is 0 Å². The van der Waals surface area contributed by atoms with E-state index in [1.54, 1.807) is 6.20 Å². The van der Waals surface area contributed by atoms with Gasteiger partial charge in [0.25, 0.3) is 0 Å². The Morgan fingerprint density at radius 3 is 2.83 bits per heavy atom. The summed E-state index contributed by atoms with van der Waals surface area (Å²) in [6.07, 6.45) is 1.60. The number of ketones is 1. The number of Topliss-reactive ketones (excluding diaryl/α,β-unsaturated/α-hetero) is 1. The van der Waals surface area contributed by atoms with Gasteiger partial charge in [0.05, 0.1) is 0 Å². The van der Waals surface area contributed by atoms with Crippen molar-refractivity contribution in [3.05, 3.63) is 47.4 Å². The fraction of sp³-hybridized carbons (Fsp3) is 0.333. The molecule has 2 aromatic rings. The van der Waals surface area contributed by atoms with Gasteiger partial charge in [0.15, 0.2) is 17.6 Å². The van der Waals surface area contributed by atoms with Gasteiger partial charge in [-0.3, -0.25) is 4.79 Å². The summed E-state index contributed by atoms with van der Waals surface area (Å²) in [7, 11) is 0. The van der Waals surface area contributed by atoms with Crippen molar-refractivity contribution in [1.29, 1.82) is 0 Å². The van der Waals surface area contributed by atoms with E-state index >= 15 is 0 Å². The summed E-state index contributed by atoms with van der Waals surface area (Å²) in [5.41, 5.74) is 1.52. The van der Waals surface area contributed by atoms with E-state index < -0.39 is 17.9 Å². The summed E-state index contributed by atoms with van der Waals surface area (Å²) in [5, 5.41) is 11.1. The molecule has 0 fully saturated rings. The molecule has 1 unspecified atom stereocenters. The minimum atomic E-state index is -0.724. The summed E-state index contributed by atoms with van der Waals surface area (Å²) in [5.74, 6) is -1.12. The number of hydrogen-bond donors (Lipinski definition) is 2. The number of carbonyl (C=O) groups is 2. The third-order valence-electron chi connectivity index (χ3n) is 4.00. The molecule has 0 saturated carbocycles. The van der Waals surface area contributed by atoms with Gasteiger partial charge in [0, 0.05) is 23.5 Å². The quantitative estimate of drug-likeness (QED) is 0.657. The molecule has 0 radical (unpaired) electrons. The zero-order valence-electron chi connectivity index (χ0n) is 13.1. The van der Waals surface area contributed by atoms with Crippen LogP contribution in [0, 0.1) is 5.92 Å². The summed E-state index contributed by atoms with van der Waals surface area (Å²) in [6.45, 7) is 3.93. The van der Waals surface area contributed by atoms with E-state index in [4.69, 9.17) is 4.74 Å². The summed E-state index contributed by atoms with van der Waals surface area (Å²) >= 11 is 0. The Morgan fingerprint density at radius 1 is 1.35 bits per heavy atom. The molecule has 1 aliphatic rings. The van der Waals surface area contributed by atoms with E-state index in [-0.39, 0.29) is 23.7 Å². The predicted octanol–water partition coefficient (Wildman–Crippen LogP) is 3.06. The van der Waals surface area contributed by atoms with Crippen molar-refractivity contribution in [1.82, 2.24) is 4.98 Å². The Labute approximate surface area is 134 Å². The van der Waals surface area contributed by atoms with Crippen molar-refractivity contribution >= 4 is 22.7 Å². The first-order valence-corrected chi connectivity index (χ1v) is 7.69. The van der Waals surface area contributed by atoms with Gasteiger partial charge in [-0.05, 0) is 24.0 Å². The van der Waals surface area contributed by atoms with Crippen LogP contribution < -0.4 is 0 Å². The third-order valence-corrected chi connectivity index (χ3v) is 4.00. The highest BCUT2D eigenvalue weighted by atomic mass is 16.6. The highest BCUT2D eigenvalue weighted by Gasteiger charge is 2.38. The summed E-state index contributed by atoms with van der Waals surface area (Å²) < 4.78 is 5.13.